The van der Waals surface area contributed by atoms with Gasteiger partial charge in [-0.05, 0) is 41.8 Å². The average molecular weight is 601 g/mol. The summed E-state index contributed by atoms with van der Waals surface area (Å²) in [7, 11) is 0. The van der Waals surface area contributed by atoms with Crippen LogP contribution in [0.15, 0.2) is 67.4 Å². The Morgan fingerprint density at radius 3 is 2.32 bits per heavy atom. The van der Waals surface area contributed by atoms with Crippen LogP contribution in [0.1, 0.15) is 41.2 Å². The summed E-state index contributed by atoms with van der Waals surface area (Å²) in [6.07, 6.45) is -5.99. The minimum Gasteiger partial charge on any atom is -1.00 e. The van der Waals surface area contributed by atoms with Gasteiger partial charge in [-0.25, -0.2) is 0 Å². The molecule has 2 bridgehead atoms. The number of halogens is 7. The number of hydrogen-bond donors (Lipinski definition) is 1. The van der Waals surface area contributed by atoms with E-state index in [2.05, 4.69) is 11.6 Å². The number of quaternary nitrogens is 1. The molecule has 5 atom stereocenters. The highest BCUT2D eigenvalue weighted by atomic mass is 79.9. The number of hydrogen-bond acceptors (Lipinski definition) is 2. The molecule has 0 amide bonds. The van der Waals surface area contributed by atoms with Crippen molar-refractivity contribution >= 4 is 10.9 Å². The third kappa shape index (κ3) is 5.22. The van der Waals surface area contributed by atoms with Gasteiger partial charge >= 0.3 is 12.4 Å². The largest absolute Gasteiger partial charge is 1.00 e. The molecule has 3 fully saturated rings. The van der Waals surface area contributed by atoms with Crippen molar-refractivity contribution in [2.75, 3.05) is 13.1 Å². The highest BCUT2D eigenvalue weighted by Crippen LogP contribution is 2.48. The Bertz CT molecular complexity index is 1290. The van der Waals surface area contributed by atoms with E-state index in [0.29, 0.717) is 30.6 Å². The van der Waals surface area contributed by atoms with Crippen LogP contribution in [0.2, 0.25) is 0 Å². The normalized spacial score (nSPS) is 26.1. The number of aliphatic hydroxyl groups excluding tert-OH is 1. The standard InChI is InChI=1S/C28H27F6N2O.BrH/c1-2-18-16-36(15-17-11-20(27(29,30)31)14-21(12-17)28(32,33)34)10-8-19(18)13-25(36)26(37)23-7-9-35-24-6-4-3-5-22(23)24;/h2-7,9,11-12,14,18-19,25-26,37H,1,8,10,13,15-16H2;1H/q+1;/p-1/t18?,19-,25?,26+,36+;/m0./s1. The molecule has 10 heteroatoms. The molecule has 0 saturated carbocycles. The average Bonchev–Trinajstić information content (AvgIpc) is 2.86. The second-order valence-electron chi connectivity index (χ2n) is 10.3. The molecule has 3 aliphatic rings. The first-order chi connectivity index (χ1) is 17.4. The number of piperidine rings is 3. The molecule has 2 aromatic carbocycles. The van der Waals surface area contributed by atoms with Crippen LogP contribution in [0.5, 0.6) is 0 Å². The van der Waals surface area contributed by atoms with E-state index in [1.807, 2.05) is 30.3 Å². The molecule has 38 heavy (non-hydrogen) atoms. The third-order valence-corrected chi connectivity index (χ3v) is 8.19. The number of rotatable bonds is 5. The Kier molecular flexibility index (Phi) is 7.73. The number of nitrogens with zero attached hydrogens (tertiary/aromatic N) is 2. The molecule has 1 N–H and O–H groups in total. The van der Waals surface area contributed by atoms with Gasteiger partial charge in [0.2, 0.25) is 0 Å². The first kappa shape index (κ1) is 28.6. The van der Waals surface area contributed by atoms with E-state index in [-0.39, 0.29) is 51.5 Å². The van der Waals surface area contributed by atoms with Gasteiger partial charge in [0.05, 0.1) is 29.7 Å². The quantitative estimate of drug-likeness (QED) is 0.274. The topological polar surface area (TPSA) is 33.1 Å². The minimum absolute atomic E-state index is 0. The molecule has 0 radical (unpaired) electrons. The molecule has 204 valence electrons. The number of alkyl halides is 6. The lowest BCUT2D eigenvalue weighted by molar-refractivity contribution is -0.984. The summed E-state index contributed by atoms with van der Waals surface area (Å²) in [4.78, 5) is 4.35. The fourth-order valence-electron chi connectivity index (χ4n) is 6.44. The molecule has 6 rings (SSSR count). The van der Waals surface area contributed by atoms with Crippen molar-refractivity contribution in [1.82, 2.24) is 4.98 Å². The summed E-state index contributed by atoms with van der Waals surface area (Å²) in [6.45, 7) is 4.93. The zero-order valence-electron chi connectivity index (χ0n) is 20.3. The first-order valence-corrected chi connectivity index (χ1v) is 12.2. The van der Waals surface area contributed by atoms with Crippen LogP contribution in [-0.2, 0) is 18.9 Å². The van der Waals surface area contributed by atoms with Crippen LogP contribution in [0.3, 0.4) is 0 Å². The highest BCUT2D eigenvalue weighted by molar-refractivity contribution is 5.82. The van der Waals surface area contributed by atoms with Crippen LogP contribution in [0.4, 0.5) is 26.3 Å². The van der Waals surface area contributed by atoms with Crippen LogP contribution < -0.4 is 17.0 Å². The van der Waals surface area contributed by atoms with Crippen molar-refractivity contribution in [3.63, 3.8) is 0 Å². The summed E-state index contributed by atoms with van der Waals surface area (Å²) in [5.74, 6) is 0.316. The molecule has 0 spiro atoms. The predicted octanol–water partition coefficient (Wildman–Crippen LogP) is 3.92. The molecular weight excluding hydrogens is 574 g/mol. The Labute approximate surface area is 227 Å². The fourth-order valence-corrected chi connectivity index (χ4v) is 6.44. The molecule has 3 aromatic rings. The van der Waals surface area contributed by atoms with Gasteiger partial charge in [-0.2, -0.15) is 26.3 Å². The molecule has 2 unspecified atom stereocenters. The van der Waals surface area contributed by atoms with E-state index in [1.165, 1.54) is 0 Å². The van der Waals surface area contributed by atoms with Gasteiger partial charge in [-0.3, -0.25) is 4.98 Å². The molecule has 4 heterocycles. The van der Waals surface area contributed by atoms with Gasteiger partial charge in [0, 0.05) is 35.9 Å². The maximum Gasteiger partial charge on any atom is 0.416 e. The molecule has 3 aliphatic heterocycles. The van der Waals surface area contributed by atoms with Crippen molar-refractivity contribution < 1.29 is 52.9 Å². The monoisotopic (exact) mass is 600 g/mol. The molecule has 1 aromatic heterocycles. The maximum absolute atomic E-state index is 13.6. The second-order valence-corrected chi connectivity index (χ2v) is 10.3. The van der Waals surface area contributed by atoms with Crippen molar-refractivity contribution in [3.05, 3.63) is 89.6 Å². The number of pyridine rings is 1. The molecule has 3 saturated heterocycles. The minimum atomic E-state index is -4.91. The first-order valence-electron chi connectivity index (χ1n) is 12.2. The van der Waals surface area contributed by atoms with E-state index >= 15 is 0 Å². The molecular formula is C28H27BrF6N2O. The van der Waals surface area contributed by atoms with E-state index in [9.17, 15) is 31.4 Å². The van der Waals surface area contributed by atoms with Crippen molar-refractivity contribution in [2.24, 2.45) is 11.8 Å². The smallest absolute Gasteiger partial charge is 0.416 e. The van der Waals surface area contributed by atoms with Gasteiger partial charge < -0.3 is 26.6 Å². The highest BCUT2D eigenvalue weighted by Gasteiger charge is 2.54. The predicted molar refractivity (Wildman–Crippen MR) is 127 cm³/mol. The van der Waals surface area contributed by atoms with Gasteiger partial charge in [-0.1, -0.05) is 24.3 Å². The summed E-state index contributed by atoms with van der Waals surface area (Å²) >= 11 is 0. The summed E-state index contributed by atoms with van der Waals surface area (Å²) < 4.78 is 81.6. The summed E-state index contributed by atoms with van der Waals surface area (Å²) in [5, 5.41) is 12.5. The zero-order chi connectivity index (χ0) is 26.6. The Morgan fingerprint density at radius 1 is 1.03 bits per heavy atom. The van der Waals surface area contributed by atoms with Crippen LogP contribution >= 0.6 is 0 Å². The fraction of sp³-hybridized carbons (Fsp3) is 0.393. The lowest BCUT2D eigenvalue weighted by Gasteiger charge is -2.58. The van der Waals surface area contributed by atoms with E-state index in [0.717, 1.165) is 23.9 Å². The van der Waals surface area contributed by atoms with Crippen molar-refractivity contribution in [1.29, 1.82) is 0 Å². The van der Waals surface area contributed by atoms with Crippen LogP contribution in [-0.4, -0.2) is 33.7 Å². The van der Waals surface area contributed by atoms with Crippen LogP contribution in [0, 0.1) is 11.8 Å². The Balaban J connectivity index is 0.00000336. The van der Waals surface area contributed by atoms with Gasteiger partial charge in [0.1, 0.15) is 18.7 Å². The SMILES string of the molecule is C=CC1C[N@+]2(Cc3cc(C(F)(F)F)cc(C(F)(F)F)c3)CC[C@H]1CC2[C@H](O)c1ccnc2ccccc12.[Br-]. The number of para-hydroxylation sites is 1. The van der Waals surface area contributed by atoms with Crippen molar-refractivity contribution in [2.45, 2.75) is 43.9 Å². The number of aliphatic hydroxyl groups is 1. The zero-order valence-corrected chi connectivity index (χ0v) is 21.9. The Hall–Kier alpha value is -2.43. The number of aromatic nitrogens is 1. The summed E-state index contributed by atoms with van der Waals surface area (Å²) in [6, 6.07) is 10.5. The number of benzene rings is 2. The van der Waals surface area contributed by atoms with Gasteiger partial charge in [0.15, 0.2) is 0 Å². The molecule has 3 nitrogen and oxygen atoms in total. The lowest BCUT2D eigenvalue weighted by Crippen LogP contribution is -3.00. The summed E-state index contributed by atoms with van der Waals surface area (Å²) in [5.41, 5.74) is -1.31. The van der Waals surface area contributed by atoms with Crippen molar-refractivity contribution in [3.8, 4) is 0 Å². The maximum atomic E-state index is 13.6. The number of fused-ring (bicyclic) bond motifs is 4. The van der Waals surface area contributed by atoms with Gasteiger partial charge in [-0.15, -0.1) is 6.58 Å². The second kappa shape index (κ2) is 10.3. The lowest BCUT2D eigenvalue weighted by atomic mass is 9.71. The van der Waals surface area contributed by atoms with Gasteiger partial charge in [0.25, 0.3) is 0 Å². The van der Waals surface area contributed by atoms with Crippen LogP contribution in [0.25, 0.3) is 10.9 Å². The Morgan fingerprint density at radius 2 is 1.68 bits per heavy atom. The van der Waals surface area contributed by atoms with E-state index < -0.39 is 35.6 Å². The van der Waals surface area contributed by atoms with E-state index in [4.69, 9.17) is 0 Å². The third-order valence-electron chi connectivity index (χ3n) is 8.19. The van der Waals surface area contributed by atoms with E-state index in [1.54, 1.807) is 12.3 Å². The molecule has 0 aliphatic carbocycles.